The molecule has 0 bridgehead atoms. The highest BCUT2D eigenvalue weighted by Gasteiger charge is 2.54. The van der Waals surface area contributed by atoms with Crippen molar-refractivity contribution in [3.05, 3.63) is 61.8 Å². The number of non-ortho nitro benzene ring substituents is 1. The predicted octanol–water partition coefficient (Wildman–Crippen LogP) is 5.29. The molecular weight excluding hydrogens is 448 g/mol. The second kappa shape index (κ2) is 6.78. The first-order valence-electron chi connectivity index (χ1n) is 7.57. The minimum Gasteiger partial charge on any atom is -0.375 e. The number of nitro benzene ring substituents is 1. The molecule has 0 aliphatic rings. The SMILES string of the molecule is CC(O)(c1nn(-c2c(Cl)cc([N+](=O)[O-])cc2Cl)c2cc(F)cc(F)c12)C(F)(F)F. The first kappa shape index (κ1) is 21.2. The molecular formula is C16H8Cl2F5N3O3. The van der Waals surface area contributed by atoms with Crippen molar-refractivity contribution < 1.29 is 32.0 Å². The summed E-state index contributed by atoms with van der Waals surface area (Å²) in [5.41, 5.74) is -6.20. The molecule has 0 aliphatic carbocycles. The Balaban J connectivity index is 2.44. The van der Waals surface area contributed by atoms with Gasteiger partial charge in [0, 0.05) is 24.3 Å². The van der Waals surface area contributed by atoms with Crippen LogP contribution in [0.1, 0.15) is 12.6 Å². The normalized spacial score (nSPS) is 14.2. The van der Waals surface area contributed by atoms with Crippen LogP contribution in [0.4, 0.5) is 27.6 Å². The van der Waals surface area contributed by atoms with Crippen LogP contribution in [0.2, 0.25) is 10.0 Å². The van der Waals surface area contributed by atoms with E-state index in [0.29, 0.717) is 23.7 Å². The summed E-state index contributed by atoms with van der Waals surface area (Å²) >= 11 is 12.0. The lowest BCUT2D eigenvalue weighted by Crippen LogP contribution is -2.40. The number of rotatable bonds is 3. The van der Waals surface area contributed by atoms with Gasteiger partial charge < -0.3 is 5.11 Å². The zero-order valence-electron chi connectivity index (χ0n) is 14.1. The zero-order valence-corrected chi connectivity index (χ0v) is 15.6. The van der Waals surface area contributed by atoms with Gasteiger partial charge in [-0.15, -0.1) is 0 Å². The van der Waals surface area contributed by atoms with Gasteiger partial charge in [-0.2, -0.15) is 18.3 Å². The standard InChI is InChI=1S/C16H8Cl2F5N3O3/c1-15(27,16(21,22)23)14-12-10(20)2-6(19)3-11(12)25(24-14)13-8(17)4-7(26(28)29)5-9(13)18/h2-5,27H,1H3. The van der Waals surface area contributed by atoms with Crippen LogP contribution in [0.3, 0.4) is 0 Å². The number of halogens is 7. The minimum absolute atomic E-state index is 0.323. The third-order valence-corrected chi connectivity index (χ3v) is 4.71. The Hall–Kier alpha value is -2.50. The Morgan fingerprint density at radius 1 is 1.14 bits per heavy atom. The molecule has 3 aromatic rings. The molecule has 154 valence electrons. The number of hydrogen-bond acceptors (Lipinski definition) is 4. The number of aromatic nitrogens is 2. The van der Waals surface area contributed by atoms with Crippen molar-refractivity contribution in [2.24, 2.45) is 0 Å². The number of aliphatic hydroxyl groups is 1. The Morgan fingerprint density at radius 3 is 2.17 bits per heavy atom. The summed E-state index contributed by atoms with van der Waals surface area (Å²) in [4.78, 5) is 10.1. The third-order valence-electron chi connectivity index (χ3n) is 4.14. The van der Waals surface area contributed by atoms with Crippen LogP contribution >= 0.6 is 23.2 Å². The van der Waals surface area contributed by atoms with Gasteiger partial charge in [-0.1, -0.05) is 23.2 Å². The summed E-state index contributed by atoms with van der Waals surface area (Å²) in [6, 6.07) is 2.67. The van der Waals surface area contributed by atoms with Gasteiger partial charge in [-0.25, -0.2) is 13.5 Å². The van der Waals surface area contributed by atoms with Crippen LogP contribution in [-0.2, 0) is 5.60 Å². The molecule has 29 heavy (non-hydrogen) atoms. The quantitative estimate of drug-likeness (QED) is 0.330. The van der Waals surface area contributed by atoms with E-state index in [1.165, 1.54) is 0 Å². The number of alkyl halides is 3. The Bertz CT molecular complexity index is 1140. The van der Waals surface area contributed by atoms with E-state index in [0.717, 1.165) is 12.1 Å². The molecule has 6 nitrogen and oxygen atoms in total. The number of hydrogen-bond donors (Lipinski definition) is 1. The highest BCUT2D eigenvalue weighted by atomic mass is 35.5. The van der Waals surface area contributed by atoms with Gasteiger partial charge in [0.25, 0.3) is 5.69 Å². The molecule has 0 radical (unpaired) electrons. The van der Waals surface area contributed by atoms with Crippen LogP contribution in [0.25, 0.3) is 16.6 Å². The van der Waals surface area contributed by atoms with Gasteiger partial charge >= 0.3 is 6.18 Å². The van der Waals surface area contributed by atoms with Crippen molar-refractivity contribution in [3.8, 4) is 5.69 Å². The molecule has 1 heterocycles. The average molecular weight is 456 g/mol. The van der Waals surface area contributed by atoms with Crippen molar-refractivity contribution in [1.82, 2.24) is 9.78 Å². The van der Waals surface area contributed by atoms with Gasteiger partial charge in [0.05, 0.1) is 25.9 Å². The molecule has 13 heteroatoms. The highest BCUT2D eigenvalue weighted by molar-refractivity contribution is 6.38. The first-order valence-corrected chi connectivity index (χ1v) is 8.32. The van der Waals surface area contributed by atoms with Crippen LogP contribution in [0.15, 0.2) is 24.3 Å². The smallest absolute Gasteiger partial charge is 0.375 e. The molecule has 1 N–H and O–H groups in total. The highest BCUT2D eigenvalue weighted by Crippen LogP contribution is 2.43. The van der Waals surface area contributed by atoms with Crippen LogP contribution in [-0.4, -0.2) is 26.0 Å². The molecule has 0 saturated heterocycles. The van der Waals surface area contributed by atoms with Crippen LogP contribution < -0.4 is 0 Å². The van der Waals surface area contributed by atoms with Gasteiger partial charge in [-0.3, -0.25) is 10.1 Å². The van der Waals surface area contributed by atoms with E-state index in [9.17, 15) is 37.2 Å². The van der Waals surface area contributed by atoms with Gasteiger partial charge in [-0.05, 0) is 6.92 Å². The maximum Gasteiger partial charge on any atom is 0.422 e. The van der Waals surface area contributed by atoms with Crippen molar-refractivity contribution >= 4 is 39.8 Å². The summed E-state index contributed by atoms with van der Waals surface area (Å²) in [6.07, 6.45) is -5.26. The van der Waals surface area contributed by atoms with E-state index >= 15 is 0 Å². The molecule has 1 unspecified atom stereocenters. The summed E-state index contributed by atoms with van der Waals surface area (Å²) in [5.74, 6) is -2.57. The topological polar surface area (TPSA) is 81.2 Å². The summed E-state index contributed by atoms with van der Waals surface area (Å²) in [6.45, 7) is 0.348. The predicted molar refractivity (Wildman–Crippen MR) is 93.3 cm³/mol. The fraction of sp³-hybridized carbons (Fsp3) is 0.188. The zero-order chi connectivity index (χ0) is 21.9. The summed E-state index contributed by atoms with van der Waals surface area (Å²) in [7, 11) is 0. The molecule has 3 rings (SSSR count). The average Bonchev–Trinajstić information content (AvgIpc) is 2.93. The Kier molecular flexibility index (Phi) is 4.96. The van der Waals surface area contributed by atoms with E-state index in [1.807, 2.05) is 0 Å². The lowest BCUT2D eigenvalue weighted by molar-refractivity contribution is -0.384. The van der Waals surface area contributed by atoms with E-state index in [4.69, 9.17) is 23.2 Å². The Morgan fingerprint density at radius 2 is 1.69 bits per heavy atom. The molecule has 0 fully saturated rings. The van der Waals surface area contributed by atoms with Crippen molar-refractivity contribution in [1.29, 1.82) is 0 Å². The summed E-state index contributed by atoms with van der Waals surface area (Å²) < 4.78 is 68.8. The molecule has 1 atom stereocenters. The molecule has 0 saturated carbocycles. The maximum atomic E-state index is 14.4. The monoisotopic (exact) mass is 455 g/mol. The van der Waals surface area contributed by atoms with E-state index < -0.39 is 60.7 Å². The number of fused-ring (bicyclic) bond motifs is 1. The Labute approximate surface area is 168 Å². The van der Waals surface area contributed by atoms with E-state index in [-0.39, 0.29) is 5.69 Å². The molecule has 2 aromatic carbocycles. The molecule has 0 spiro atoms. The van der Waals surface area contributed by atoms with Crippen molar-refractivity contribution in [2.75, 3.05) is 0 Å². The minimum atomic E-state index is -5.26. The van der Waals surface area contributed by atoms with Crippen LogP contribution in [0.5, 0.6) is 0 Å². The van der Waals surface area contributed by atoms with Crippen LogP contribution in [0, 0.1) is 21.7 Å². The summed E-state index contributed by atoms with van der Waals surface area (Å²) in [5, 5.41) is 22.9. The fourth-order valence-electron chi connectivity index (χ4n) is 2.67. The molecule has 1 aromatic heterocycles. The number of nitro groups is 1. The van der Waals surface area contributed by atoms with E-state index in [2.05, 4.69) is 5.10 Å². The fourth-order valence-corrected chi connectivity index (χ4v) is 3.31. The van der Waals surface area contributed by atoms with Gasteiger partial charge in [0.2, 0.25) is 5.60 Å². The second-order valence-electron chi connectivity index (χ2n) is 6.13. The first-order chi connectivity index (χ1) is 13.3. The lowest BCUT2D eigenvalue weighted by atomic mass is 9.98. The maximum absolute atomic E-state index is 14.4. The van der Waals surface area contributed by atoms with Crippen molar-refractivity contribution in [3.63, 3.8) is 0 Å². The number of benzene rings is 2. The third kappa shape index (κ3) is 3.38. The largest absolute Gasteiger partial charge is 0.422 e. The van der Waals surface area contributed by atoms with Gasteiger partial charge in [0.1, 0.15) is 23.0 Å². The van der Waals surface area contributed by atoms with Gasteiger partial charge in [0.15, 0.2) is 0 Å². The number of nitrogens with zero attached hydrogens (tertiary/aromatic N) is 3. The lowest BCUT2D eigenvalue weighted by Gasteiger charge is -2.24. The molecule has 0 aliphatic heterocycles. The van der Waals surface area contributed by atoms with Crippen molar-refractivity contribution in [2.45, 2.75) is 18.7 Å². The molecule has 0 amide bonds. The second-order valence-corrected chi connectivity index (χ2v) is 6.94. The van der Waals surface area contributed by atoms with E-state index in [1.54, 1.807) is 0 Å².